The van der Waals surface area contributed by atoms with Gasteiger partial charge in [-0.15, -0.1) is 10.0 Å². The summed E-state index contributed by atoms with van der Waals surface area (Å²) in [5.41, 5.74) is 5.57. The molecule has 2 fully saturated rings. The summed E-state index contributed by atoms with van der Waals surface area (Å²) in [7, 11) is 8.64. The smallest absolute Gasteiger partial charge is 0.122 e. The van der Waals surface area contributed by atoms with Gasteiger partial charge in [-0.25, -0.2) is 5.01 Å². The summed E-state index contributed by atoms with van der Waals surface area (Å²) in [5.74, 6) is 0. The molecule has 2 aliphatic rings. The number of quaternary nitrogens is 2. The first-order chi connectivity index (χ1) is 7.06. The van der Waals surface area contributed by atoms with Crippen molar-refractivity contribution in [3.05, 3.63) is 0 Å². The first kappa shape index (κ1) is 11.3. The van der Waals surface area contributed by atoms with Crippen LogP contribution in [0, 0.1) is 0 Å². The van der Waals surface area contributed by atoms with Gasteiger partial charge in [-0.1, -0.05) is 5.53 Å². The van der Waals surface area contributed by atoms with E-state index in [0.717, 1.165) is 13.1 Å². The lowest BCUT2D eigenvalue weighted by Crippen LogP contribution is -3.17. The first-order valence-corrected chi connectivity index (χ1v) is 5.64. The topological polar surface area (TPSA) is 42.8 Å². The van der Waals surface area contributed by atoms with E-state index in [-0.39, 0.29) is 0 Å². The molecule has 2 saturated heterocycles. The van der Waals surface area contributed by atoms with Crippen LogP contribution in [0.3, 0.4) is 0 Å². The summed E-state index contributed by atoms with van der Waals surface area (Å²) in [5, 5.41) is 8.21. The number of nitrogens with one attached hydrogen (secondary N) is 2. The summed E-state index contributed by atoms with van der Waals surface area (Å²) < 4.78 is 0. The van der Waals surface area contributed by atoms with Crippen LogP contribution in [0.25, 0.3) is 0 Å². The molecule has 4 N–H and O–H groups in total. The molecule has 15 heavy (non-hydrogen) atoms. The second-order valence-electron chi connectivity index (χ2n) is 4.98. The number of rotatable bonds is 2. The fourth-order valence-electron chi connectivity index (χ4n) is 2.64. The Morgan fingerprint density at radius 3 is 2.53 bits per heavy atom. The quantitative estimate of drug-likeness (QED) is 0.415. The zero-order valence-electron chi connectivity index (χ0n) is 10.2. The predicted octanol–water partition coefficient (Wildman–Crippen LogP) is -3.74. The normalized spacial score (nSPS) is 40.4. The summed E-state index contributed by atoms with van der Waals surface area (Å²) in [6, 6.07) is 1.37. The number of hydrogen-bond acceptors (Lipinski definition) is 4. The van der Waals surface area contributed by atoms with Gasteiger partial charge in [0.05, 0.1) is 26.2 Å². The molecule has 2 rings (SSSR count). The molecule has 6 nitrogen and oxygen atoms in total. The van der Waals surface area contributed by atoms with E-state index < -0.39 is 0 Å². The van der Waals surface area contributed by atoms with Crippen molar-refractivity contribution in [2.45, 2.75) is 18.5 Å². The van der Waals surface area contributed by atoms with Crippen molar-refractivity contribution >= 4 is 0 Å². The third kappa shape index (κ3) is 2.47. The molecule has 0 saturated carbocycles. The molecule has 3 unspecified atom stereocenters. The SMILES string of the molecule is CN1CC(CC2CN(C)[NH2+]N2C)[NH+](C)N1. The van der Waals surface area contributed by atoms with Crippen LogP contribution >= 0.6 is 0 Å². The molecule has 0 amide bonds. The number of nitrogens with zero attached hydrogens (tertiary/aromatic N) is 3. The zero-order valence-corrected chi connectivity index (χ0v) is 10.2. The minimum Gasteiger partial charge on any atom is -0.242 e. The molecule has 0 aromatic heterocycles. The molecule has 0 aromatic rings. The van der Waals surface area contributed by atoms with Gasteiger partial charge < -0.3 is 0 Å². The van der Waals surface area contributed by atoms with Crippen LogP contribution in [-0.4, -0.2) is 68.4 Å². The Kier molecular flexibility index (Phi) is 3.24. The van der Waals surface area contributed by atoms with E-state index in [4.69, 9.17) is 0 Å². The van der Waals surface area contributed by atoms with E-state index in [1.807, 2.05) is 0 Å². The van der Waals surface area contributed by atoms with Crippen LogP contribution in [0.5, 0.6) is 0 Å². The maximum absolute atomic E-state index is 3.37. The van der Waals surface area contributed by atoms with Crippen molar-refractivity contribution in [2.75, 3.05) is 41.3 Å². The number of hydrogen-bond donors (Lipinski definition) is 3. The van der Waals surface area contributed by atoms with E-state index in [9.17, 15) is 0 Å². The minimum atomic E-state index is 0.670. The largest absolute Gasteiger partial charge is 0.242 e. The first-order valence-electron chi connectivity index (χ1n) is 5.64. The summed E-state index contributed by atoms with van der Waals surface area (Å²) in [6.07, 6.45) is 1.25. The number of hydrazine groups is 1. The van der Waals surface area contributed by atoms with Crippen molar-refractivity contribution in [1.82, 2.24) is 20.6 Å². The van der Waals surface area contributed by atoms with E-state index >= 15 is 0 Å². The van der Waals surface area contributed by atoms with Gasteiger partial charge >= 0.3 is 0 Å². The van der Waals surface area contributed by atoms with E-state index in [0.29, 0.717) is 12.1 Å². The Hall–Kier alpha value is -0.240. The molecule has 6 heteroatoms. The number of likely N-dealkylation sites (N-methyl/N-ethyl adjacent to an activating group) is 4. The van der Waals surface area contributed by atoms with Crippen molar-refractivity contribution in [2.24, 2.45) is 0 Å². The van der Waals surface area contributed by atoms with Gasteiger partial charge in [-0.3, -0.25) is 0 Å². The summed E-state index contributed by atoms with van der Waals surface area (Å²) in [6.45, 7) is 2.30. The van der Waals surface area contributed by atoms with Crippen LogP contribution in [0.1, 0.15) is 6.42 Å². The summed E-state index contributed by atoms with van der Waals surface area (Å²) >= 11 is 0. The van der Waals surface area contributed by atoms with Crippen LogP contribution in [0.4, 0.5) is 0 Å². The fourth-order valence-corrected chi connectivity index (χ4v) is 2.64. The zero-order chi connectivity index (χ0) is 11.0. The maximum Gasteiger partial charge on any atom is 0.122 e. The van der Waals surface area contributed by atoms with Gasteiger partial charge in [0, 0.05) is 27.6 Å². The molecule has 3 atom stereocenters. The number of nitrogens with two attached hydrogens (primary N) is 1. The Bertz CT molecular complexity index is 201. The van der Waals surface area contributed by atoms with Crippen LogP contribution in [0.15, 0.2) is 0 Å². The Balaban J connectivity index is 1.86. The molecule has 2 heterocycles. The highest BCUT2D eigenvalue weighted by atomic mass is 15.8. The molecular weight excluding hydrogens is 192 g/mol. The van der Waals surface area contributed by atoms with Crippen molar-refractivity contribution in [1.29, 1.82) is 0 Å². The van der Waals surface area contributed by atoms with E-state index in [1.54, 1.807) is 0 Å². The van der Waals surface area contributed by atoms with Crippen LogP contribution in [-0.2, 0) is 0 Å². The molecule has 0 radical (unpaired) electrons. The standard InChI is InChI=1S/C9H22N6/c1-12-6-8(14(3)10-12)5-9-7-13(2)11-15(9)4/h8-11H,5-7H2,1-4H3/p+2. The van der Waals surface area contributed by atoms with E-state index in [2.05, 4.69) is 54.3 Å². The average Bonchev–Trinajstić information content (AvgIpc) is 2.58. The molecule has 0 aliphatic carbocycles. The molecule has 0 aromatic carbocycles. The average molecular weight is 216 g/mol. The highest BCUT2D eigenvalue weighted by Crippen LogP contribution is 2.06. The van der Waals surface area contributed by atoms with Gasteiger partial charge in [0.15, 0.2) is 0 Å². The molecular formula is C9H24N6+2. The highest BCUT2D eigenvalue weighted by molar-refractivity contribution is 4.74. The molecule has 0 spiro atoms. The van der Waals surface area contributed by atoms with Crippen molar-refractivity contribution in [3.8, 4) is 0 Å². The maximum atomic E-state index is 3.37. The lowest BCUT2D eigenvalue weighted by atomic mass is 10.1. The van der Waals surface area contributed by atoms with Crippen molar-refractivity contribution in [3.63, 3.8) is 0 Å². The van der Waals surface area contributed by atoms with Crippen molar-refractivity contribution < 1.29 is 10.5 Å². The van der Waals surface area contributed by atoms with Gasteiger partial charge in [-0.2, -0.15) is 10.5 Å². The third-order valence-corrected chi connectivity index (χ3v) is 3.48. The Labute approximate surface area is 91.7 Å². The summed E-state index contributed by atoms with van der Waals surface area (Å²) in [4.78, 5) is 0. The van der Waals surface area contributed by atoms with Gasteiger partial charge in [0.2, 0.25) is 0 Å². The highest BCUT2D eigenvalue weighted by Gasteiger charge is 2.37. The predicted molar refractivity (Wildman–Crippen MR) is 57.2 cm³/mol. The second-order valence-corrected chi connectivity index (χ2v) is 4.98. The Morgan fingerprint density at radius 2 is 2.07 bits per heavy atom. The van der Waals surface area contributed by atoms with Crippen LogP contribution < -0.4 is 16.1 Å². The molecule has 0 bridgehead atoms. The molecule has 2 aliphatic heterocycles. The fraction of sp³-hybridized carbons (Fsp3) is 1.00. The third-order valence-electron chi connectivity index (χ3n) is 3.48. The minimum absolute atomic E-state index is 0.670. The van der Waals surface area contributed by atoms with Gasteiger partial charge in [0.1, 0.15) is 6.04 Å². The van der Waals surface area contributed by atoms with Gasteiger partial charge in [0.25, 0.3) is 0 Å². The Morgan fingerprint density at radius 1 is 1.33 bits per heavy atom. The lowest BCUT2D eigenvalue weighted by molar-refractivity contribution is -0.945. The molecule has 88 valence electrons. The van der Waals surface area contributed by atoms with Crippen LogP contribution in [0.2, 0.25) is 0 Å². The lowest BCUT2D eigenvalue weighted by Gasteiger charge is -2.19. The van der Waals surface area contributed by atoms with Gasteiger partial charge in [-0.05, 0) is 0 Å². The monoisotopic (exact) mass is 216 g/mol. The van der Waals surface area contributed by atoms with E-state index in [1.165, 1.54) is 11.4 Å². The second kappa shape index (κ2) is 4.32.